The van der Waals surface area contributed by atoms with Crippen molar-refractivity contribution in [3.8, 4) is 11.5 Å². The second kappa shape index (κ2) is 14.9. The van der Waals surface area contributed by atoms with Crippen LogP contribution in [0.25, 0.3) is 0 Å². The van der Waals surface area contributed by atoms with Crippen molar-refractivity contribution >= 4 is 23.6 Å². The van der Waals surface area contributed by atoms with Gasteiger partial charge in [0.25, 0.3) is 0 Å². The third-order valence-corrected chi connectivity index (χ3v) is 6.60. The first-order valence-electron chi connectivity index (χ1n) is 12.4. The summed E-state index contributed by atoms with van der Waals surface area (Å²) in [4.78, 5) is 15.3. The first kappa shape index (κ1) is 27.1. The monoisotopic (exact) mass is 472 g/mol. The molecule has 1 aliphatic rings. The highest BCUT2D eigenvalue weighted by Gasteiger charge is 2.23. The summed E-state index contributed by atoms with van der Waals surface area (Å²) in [5.74, 6) is 0.595. The van der Waals surface area contributed by atoms with E-state index >= 15 is 0 Å². The Morgan fingerprint density at radius 2 is 1.64 bits per heavy atom. The molecule has 6 heteroatoms. The molecular weight excluding hydrogens is 432 g/mol. The summed E-state index contributed by atoms with van der Waals surface area (Å²) in [5, 5.41) is 10.0. The zero-order valence-corrected chi connectivity index (χ0v) is 21.5. The van der Waals surface area contributed by atoms with Crippen molar-refractivity contribution in [2.24, 2.45) is 0 Å². The van der Waals surface area contributed by atoms with Crippen LogP contribution in [0.3, 0.4) is 0 Å². The van der Waals surface area contributed by atoms with Gasteiger partial charge in [-0.25, -0.2) is 9.10 Å². The molecule has 0 radical (unpaired) electrons. The zero-order valence-electron chi connectivity index (χ0n) is 20.7. The van der Waals surface area contributed by atoms with Crippen LogP contribution in [0.2, 0.25) is 0 Å². The van der Waals surface area contributed by atoms with Crippen molar-refractivity contribution in [1.29, 1.82) is 0 Å². The number of hydrogen-bond donors (Lipinski definition) is 1. The number of rotatable bonds is 12. The smallest absolute Gasteiger partial charge is 0.337 e. The van der Waals surface area contributed by atoms with Crippen molar-refractivity contribution in [3.05, 3.63) is 48.0 Å². The Labute approximate surface area is 204 Å². The number of unbranched alkanes of at least 4 members (excludes halogenated alkanes) is 2. The average molecular weight is 473 g/mol. The Bertz CT molecular complexity index is 831. The van der Waals surface area contributed by atoms with E-state index in [4.69, 9.17) is 4.74 Å². The van der Waals surface area contributed by atoms with Crippen LogP contribution in [-0.2, 0) is 0 Å². The number of carbonyl (C=O) groups is 1. The van der Waals surface area contributed by atoms with Crippen LogP contribution >= 0.6 is 11.9 Å². The van der Waals surface area contributed by atoms with Gasteiger partial charge in [-0.15, -0.1) is 0 Å². The summed E-state index contributed by atoms with van der Waals surface area (Å²) in [6.07, 6.45) is 6.55. The molecule has 0 spiro atoms. The van der Waals surface area contributed by atoms with Crippen LogP contribution in [0.1, 0.15) is 76.6 Å². The van der Waals surface area contributed by atoms with E-state index in [2.05, 4.69) is 23.1 Å². The first-order valence-corrected chi connectivity index (χ1v) is 13.2. The Balaban J connectivity index is 0.00000187. The Morgan fingerprint density at radius 1 is 1.03 bits per heavy atom. The molecule has 0 aromatic heterocycles. The number of nitrogens with zero attached hydrogens (tertiary/aromatic N) is 2. The van der Waals surface area contributed by atoms with Crippen molar-refractivity contribution in [1.82, 2.24) is 4.31 Å². The van der Waals surface area contributed by atoms with Crippen molar-refractivity contribution in [2.45, 2.75) is 71.1 Å². The first-order chi connectivity index (χ1) is 16.1. The standard InChI is InChI=1S/C25H34N2O3S.C2H6/c1-3-5-14-26(15-6-4-2)22-19-23(30-20-12-8-7-9-13-20)24(18-21(22)25(28)29)31-27-16-10-11-17-27;1-2/h7-9,12-13,18-19H,3-6,10-11,14-17H2,1-2H3,(H,28,29);1-2H3. The summed E-state index contributed by atoms with van der Waals surface area (Å²) >= 11 is 1.61. The van der Waals surface area contributed by atoms with E-state index < -0.39 is 5.97 Å². The lowest BCUT2D eigenvalue weighted by Gasteiger charge is -2.28. The lowest BCUT2D eigenvalue weighted by molar-refractivity contribution is 0.0697. The fourth-order valence-electron chi connectivity index (χ4n) is 3.72. The lowest BCUT2D eigenvalue weighted by Crippen LogP contribution is -2.27. The van der Waals surface area contributed by atoms with Gasteiger partial charge in [-0.1, -0.05) is 58.7 Å². The third kappa shape index (κ3) is 8.27. The zero-order chi connectivity index (χ0) is 24.1. The van der Waals surface area contributed by atoms with Gasteiger partial charge in [-0.2, -0.15) is 0 Å². The summed E-state index contributed by atoms with van der Waals surface area (Å²) in [5.41, 5.74) is 1.11. The highest BCUT2D eigenvalue weighted by molar-refractivity contribution is 7.97. The fraction of sp³-hybridized carbons (Fsp3) is 0.519. The van der Waals surface area contributed by atoms with E-state index in [1.165, 1.54) is 12.8 Å². The summed E-state index contributed by atoms with van der Waals surface area (Å²) in [6.45, 7) is 12.0. The number of benzene rings is 2. The molecule has 0 saturated carbocycles. The number of carboxylic acids is 1. The van der Waals surface area contributed by atoms with E-state index in [-0.39, 0.29) is 0 Å². The summed E-state index contributed by atoms with van der Waals surface area (Å²) in [6, 6.07) is 13.5. The summed E-state index contributed by atoms with van der Waals surface area (Å²) in [7, 11) is 0. The van der Waals surface area contributed by atoms with Gasteiger partial charge in [0.05, 0.1) is 16.1 Å². The Kier molecular flexibility index (Phi) is 12.2. The Hall–Kier alpha value is -2.18. The van der Waals surface area contributed by atoms with Gasteiger partial charge in [-0.05, 0) is 55.8 Å². The highest BCUT2D eigenvalue weighted by Crippen LogP contribution is 2.41. The van der Waals surface area contributed by atoms with E-state index in [0.717, 1.165) is 73.9 Å². The van der Waals surface area contributed by atoms with E-state index in [0.29, 0.717) is 5.56 Å². The number of ether oxygens (including phenoxy) is 1. The molecule has 1 heterocycles. The quantitative estimate of drug-likeness (QED) is 0.319. The number of anilines is 1. The van der Waals surface area contributed by atoms with Crippen LogP contribution < -0.4 is 9.64 Å². The van der Waals surface area contributed by atoms with Crippen LogP contribution in [0.15, 0.2) is 47.4 Å². The number of aromatic carboxylic acids is 1. The molecule has 2 aromatic carbocycles. The highest BCUT2D eigenvalue weighted by atomic mass is 32.2. The number of para-hydroxylation sites is 1. The molecule has 1 fully saturated rings. The second-order valence-corrected chi connectivity index (χ2v) is 9.10. The summed E-state index contributed by atoms with van der Waals surface area (Å²) < 4.78 is 8.58. The minimum atomic E-state index is -0.887. The van der Waals surface area contributed by atoms with Crippen LogP contribution in [0.4, 0.5) is 5.69 Å². The molecule has 0 aliphatic carbocycles. The van der Waals surface area contributed by atoms with Gasteiger partial charge in [0.1, 0.15) is 11.5 Å². The van der Waals surface area contributed by atoms with Crippen molar-refractivity contribution in [3.63, 3.8) is 0 Å². The van der Waals surface area contributed by atoms with Crippen LogP contribution in [0.5, 0.6) is 11.5 Å². The molecule has 1 aliphatic heterocycles. The molecule has 0 unspecified atom stereocenters. The van der Waals surface area contributed by atoms with Crippen LogP contribution in [-0.4, -0.2) is 41.6 Å². The molecule has 5 nitrogen and oxygen atoms in total. The predicted octanol–water partition coefficient (Wildman–Crippen LogP) is 7.71. The molecule has 2 aromatic rings. The van der Waals surface area contributed by atoms with Crippen molar-refractivity contribution in [2.75, 3.05) is 31.1 Å². The van der Waals surface area contributed by atoms with Gasteiger partial charge in [-0.3, -0.25) is 0 Å². The topological polar surface area (TPSA) is 53.0 Å². The molecule has 1 N–H and O–H groups in total. The fourth-order valence-corrected chi connectivity index (χ4v) is 4.80. The third-order valence-electron chi connectivity index (χ3n) is 5.46. The molecule has 0 atom stereocenters. The molecule has 182 valence electrons. The normalized spacial score (nSPS) is 13.3. The van der Waals surface area contributed by atoms with Gasteiger partial charge in [0.15, 0.2) is 0 Å². The van der Waals surface area contributed by atoms with E-state index in [1.54, 1.807) is 11.9 Å². The Morgan fingerprint density at radius 3 is 2.18 bits per heavy atom. The minimum Gasteiger partial charge on any atom is -0.478 e. The maximum Gasteiger partial charge on any atom is 0.337 e. The molecule has 3 rings (SSSR count). The second-order valence-electron chi connectivity index (χ2n) is 7.96. The predicted molar refractivity (Wildman–Crippen MR) is 140 cm³/mol. The SMILES string of the molecule is CC.CCCCN(CCCC)c1cc(Oc2ccccc2)c(SN2CCCC2)cc1C(=O)O. The average Bonchev–Trinajstić information content (AvgIpc) is 3.35. The maximum absolute atomic E-state index is 12.2. The number of carboxylic acid groups (broad SMARTS) is 1. The van der Waals surface area contributed by atoms with Crippen molar-refractivity contribution < 1.29 is 14.6 Å². The maximum atomic E-state index is 12.2. The molecule has 0 amide bonds. The van der Waals surface area contributed by atoms with Gasteiger partial charge >= 0.3 is 5.97 Å². The van der Waals surface area contributed by atoms with Gasteiger partial charge in [0, 0.05) is 32.2 Å². The minimum absolute atomic E-state index is 0.356. The lowest BCUT2D eigenvalue weighted by atomic mass is 10.1. The van der Waals surface area contributed by atoms with E-state index in [1.807, 2.05) is 56.3 Å². The largest absolute Gasteiger partial charge is 0.478 e. The van der Waals surface area contributed by atoms with Gasteiger partial charge < -0.3 is 14.7 Å². The van der Waals surface area contributed by atoms with Gasteiger partial charge in [0.2, 0.25) is 0 Å². The molecule has 0 bridgehead atoms. The van der Waals surface area contributed by atoms with E-state index in [9.17, 15) is 9.90 Å². The number of hydrogen-bond acceptors (Lipinski definition) is 5. The molecule has 33 heavy (non-hydrogen) atoms. The molecular formula is C27H40N2O3S. The van der Waals surface area contributed by atoms with Crippen LogP contribution in [0, 0.1) is 0 Å². The molecule has 1 saturated heterocycles.